The van der Waals surface area contributed by atoms with Crippen LogP contribution in [0, 0.1) is 12.8 Å². The first-order chi connectivity index (χ1) is 10.1. The van der Waals surface area contributed by atoms with E-state index in [4.69, 9.17) is 5.73 Å². The van der Waals surface area contributed by atoms with Gasteiger partial charge in [-0.25, -0.2) is 4.98 Å². The minimum absolute atomic E-state index is 0.218. The van der Waals surface area contributed by atoms with Gasteiger partial charge in [-0.2, -0.15) is 0 Å². The summed E-state index contributed by atoms with van der Waals surface area (Å²) in [7, 11) is 1.96. The van der Waals surface area contributed by atoms with Crippen LogP contribution < -0.4 is 5.73 Å². The molecule has 1 saturated carbocycles. The molecule has 5 heteroatoms. The first-order valence-corrected chi connectivity index (χ1v) is 8.85. The normalized spacial score (nSPS) is 28.4. The summed E-state index contributed by atoms with van der Waals surface area (Å²) >= 11 is 1.76. The number of carbonyl (C=O) groups is 1. The Balaban J connectivity index is 1.70. The molecular weight excluding hydrogens is 282 g/mol. The first-order valence-electron chi connectivity index (χ1n) is 8.03. The van der Waals surface area contributed by atoms with Gasteiger partial charge in [-0.3, -0.25) is 4.79 Å². The van der Waals surface area contributed by atoms with Crippen LogP contribution in [0.25, 0.3) is 0 Å². The summed E-state index contributed by atoms with van der Waals surface area (Å²) in [5, 5.41) is 1.12. The van der Waals surface area contributed by atoms with E-state index in [1.165, 1.54) is 17.0 Å². The minimum Gasteiger partial charge on any atom is -0.338 e. The van der Waals surface area contributed by atoms with E-state index in [1.807, 2.05) is 11.9 Å². The zero-order chi connectivity index (χ0) is 15.0. The number of aromatic nitrogens is 1. The summed E-state index contributed by atoms with van der Waals surface area (Å²) in [4.78, 5) is 20.5. The second-order valence-electron chi connectivity index (χ2n) is 6.52. The lowest BCUT2D eigenvalue weighted by atomic mass is 9.95. The molecule has 4 nitrogen and oxygen atoms in total. The lowest BCUT2D eigenvalue weighted by Gasteiger charge is -2.31. The third kappa shape index (κ3) is 2.99. The van der Waals surface area contributed by atoms with Crippen LogP contribution >= 0.6 is 11.3 Å². The van der Waals surface area contributed by atoms with Crippen molar-refractivity contribution in [1.29, 1.82) is 0 Å². The quantitative estimate of drug-likeness (QED) is 0.934. The Labute approximate surface area is 130 Å². The van der Waals surface area contributed by atoms with Crippen LogP contribution in [0.2, 0.25) is 0 Å². The van der Waals surface area contributed by atoms with Gasteiger partial charge in [0.05, 0.1) is 21.6 Å². The molecule has 0 aromatic carbocycles. The molecular formula is C16H25N3OS. The Morgan fingerprint density at radius 1 is 1.38 bits per heavy atom. The molecule has 2 aliphatic carbocycles. The number of hydrogen-bond acceptors (Lipinski definition) is 4. The molecule has 1 unspecified atom stereocenters. The van der Waals surface area contributed by atoms with Crippen molar-refractivity contribution in [2.45, 2.75) is 64.0 Å². The number of carbonyl (C=O) groups excluding carboxylic acids is 1. The standard InChI is InChI=1S/C16H25N3OS/c1-10-18-13-7-4-8-14(16(13)21-10)19(2)15(20)9-11-5-3-6-12(11)17/h11-12,14H,3-9,17H2,1-2H3/t11-,12+,14?/m0/s1. The highest BCUT2D eigenvalue weighted by Crippen LogP contribution is 2.38. The molecule has 21 heavy (non-hydrogen) atoms. The van der Waals surface area contributed by atoms with Crippen LogP contribution in [0.4, 0.5) is 0 Å². The summed E-state index contributed by atoms with van der Waals surface area (Å²) < 4.78 is 0. The van der Waals surface area contributed by atoms with Crippen LogP contribution in [-0.4, -0.2) is 28.9 Å². The largest absolute Gasteiger partial charge is 0.338 e. The van der Waals surface area contributed by atoms with E-state index in [0.29, 0.717) is 12.3 Å². The van der Waals surface area contributed by atoms with Gasteiger partial charge >= 0.3 is 0 Å². The molecule has 1 heterocycles. The molecule has 0 aliphatic heterocycles. The van der Waals surface area contributed by atoms with Crippen molar-refractivity contribution in [3.05, 3.63) is 15.6 Å². The second-order valence-corrected chi connectivity index (χ2v) is 7.75. The van der Waals surface area contributed by atoms with Crippen LogP contribution in [0.15, 0.2) is 0 Å². The number of fused-ring (bicyclic) bond motifs is 1. The molecule has 1 aromatic rings. The number of aryl methyl sites for hydroxylation is 2. The van der Waals surface area contributed by atoms with Gasteiger partial charge in [0.15, 0.2) is 0 Å². The predicted molar refractivity (Wildman–Crippen MR) is 85.2 cm³/mol. The highest BCUT2D eigenvalue weighted by Gasteiger charge is 2.32. The van der Waals surface area contributed by atoms with Crippen molar-refractivity contribution in [2.24, 2.45) is 11.7 Å². The smallest absolute Gasteiger partial charge is 0.223 e. The van der Waals surface area contributed by atoms with Crippen LogP contribution in [0.3, 0.4) is 0 Å². The van der Waals surface area contributed by atoms with Crippen molar-refractivity contribution in [3.8, 4) is 0 Å². The van der Waals surface area contributed by atoms with Crippen molar-refractivity contribution in [3.63, 3.8) is 0 Å². The minimum atomic E-state index is 0.218. The predicted octanol–water partition coefficient (Wildman–Crippen LogP) is 2.80. The Hall–Kier alpha value is -0.940. The third-order valence-electron chi connectivity index (χ3n) is 5.04. The molecule has 0 saturated heterocycles. The molecule has 2 N–H and O–H groups in total. The van der Waals surface area contributed by atoms with Gasteiger partial charge in [0.1, 0.15) is 0 Å². The van der Waals surface area contributed by atoms with E-state index in [9.17, 15) is 4.79 Å². The molecule has 1 aromatic heterocycles. The van der Waals surface area contributed by atoms with Gasteiger partial charge in [0.2, 0.25) is 5.91 Å². The maximum absolute atomic E-state index is 12.6. The summed E-state index contributed by atoms with van der Waals surface area (Å²) in [6, 6.07) is 0.444. The molecule has 0 spiro atoms. The Morgan fingerprint density at radius 2 is 2.19 bits per heavy atom. The average Bonchev–Trinajstić information content (AvgIpc) is 3.02. The fourth-order valence-electron chi connectivity index (χ4n) is 3.75. The van der Waals surface area contributed by atoms with Crippen LogP contribution in [0.1, 0.15) is 60.1 Å². The van der Waals surface area contributed by atoms with Gasteiger partial charge in [-0.15, -0.1) is 11.3 Å². The number of amides is 1. The van der Waals surface area contributed by atoms with E-state index in [2.05, 4.69) is 11.9 Å². The third-order valence-corrected chi connectivity index (χ3v) is 6.16. The van der Waals surface area contributed by atoms with E-state index in [-0.39, 0.29) is 18.0 Å². The zero-order valence-corrected chi connectivity index (χ0v) is 13.8. The van der Waals surface area contributed by atoms with Crippen molar-refractivity contribution in [2.75, 3.05) is 7.05 Å². The average molecular weight is 307 g/mol. The van der Waals surface area contributed by atoms with Gasteiger partial charge < -0.3 is 10.6 Å². The van der Waals surface area contributed by atoms with Crippen LogP contribution in [0.5, 0.6) is 0 Å². The van der Waals surface area contributed by atoms with Crippen molar-refractivity contribution < 1.29 is 4.79 Å². The Bertz CT molecular complexity index is 528. The fourth-order valence-corrected chi connectivity index (χ4v) is 4.90. The number of thiazole rings is 1. The maximum atomic E-state index is 12.6. The zero-order valence-electron chi connectivity index (χ0n) is 13.0. The number of rotatable bonds is 3. The lowest BCUT2D eigenvalue weighted by molar-refractivity contribution is -0.133. The fraction of sp³-hybridized carbons (Fsp3) is 0.750. The van der Waals surface area contributed by atoms with Gasteiger partial charge in [0, 0.05) is 19.5 Å². The molecule has 0 bridgehead atoms. The molecule has 1 amide bonds. The van der Waals surface area contributed by atoms with E-state index >= 15 is 0 Å². The van der Waals surface area contributed by atoms with Crippen LogP contribution in [-0.2, 0) is 11.2 Å². The molecule has 3 atom stereocenters. The molecule has 0 radical (unpaired) electrons. The summed E-state index contributed by atoms with van der Waals surface area (Å²) in [6.07, 6.45) is 7.21. The molecule has 3 rings (SSSR count). The van der Waals surface area contributed by atoms with E-state index < -0.39 is 0 Å². The van der Waals surface area contributed by atoms with Gasteiger partial charge in [0.25, 0.3) is 0 Å². The SMILES string of the molecule is Cc1nc2c(s1)C(N(C)C(=O)C[C@@H]1CCC[C@H]1N)CCC2. The maximum Gasteiger partial charge on any atom is 0.223 e. The van der Waals surface area contributed by atoms with Gasteiger partial charge in [-0.1, -0.05) is 6.42 Å². The summed E-state index contributed by atoms with van der Waals surface area (Å²) in [6.45, 7) is 2.05. The first kappa shape index (κ1) is 15.0. The topological polar surface area (TPSA) is 59.2 Å². The monoisotopic (exact) mass is 307 g/mol. The Kier molecular flexibility index (Phi) is 4.31. The number of nitrogens with two attached hydrogens (primary N) is 1. The second kappa shape index (κ2) is 6.05. The van der Waals surface area contributed by atoms with E-state index in [0.717, 1.165) is 37.1 Å². The Morgan fingerprint density at radius 3 is 2.90 bits per heavy atom. The summed E-state index contributed by atoms with van der Waals surface area (Å²) in [5.41, 5.74) is 7.32. The van der Waals surface area contributed by atoms with Crippen molar-refractivity contribution >= 4 is 17.2 Å². The van der Waals surface area contributed by atoms with Gasteiger partial charge in [-0.05, 0) is 44.9 Å². The summed E-state index contributed by atoms with van der Waals surface area (Å²) in [5.74, 6) is 0.632. The number of hydrogen-bond donors (Lipinski definition) is 1. The molecule has 116 valence electrons. The lowest BCUT2D eigenvalue weighted by Crippen LogP contribution is -2.36. The highest BCUT2D eigenvalue weighted by molar-refractivity contribution is 7.11. The number of nitrogens with zero attached hydrogens (tertiary/aromatic N) is 2. The molecule has 2 aliphatic rings. The van der Waals surface area contributed by atoms with Crippen molar-refractivity contribution in [1.82, 2.24) is 9.88 Å². The highest BCUT2D eigenvalue weighted by atomic mass is 32.1. The van der Waals surface area contributed by atoms with E-state index in [1.54, 1.807) is 11.3 Å². The molecule has 1 fully saturated rings.